The van der Waals surface area contributed by atoms with Crippen molar-refractivity contribution in [1.29, 1.82) is 0 Å². The Morgan fingerprint density at radius 3 is 1.59 bits per heavy atom. The fraction of sp³-hybridized carbons (Fsp3) is 0. The Labute approximate surface area is 255 Å². The Morgan fingerprint density at radius 2 is 0.886 bits per heavy atom. The lowest BCUT2D eigenvalue weighted by Crippen LogP contribution is -2.09. The Bertz CT molecular complexity index is 2430. The van der Waals surface area contributed by atoms with E-state index in [4.69, 9.17) is 4.42 Å². The Hall–Kier alpha value is -5.86. The first kappa shape index (κ1) is 24.7. The van der Waals surface area contributed by atoms with E-state index in [2.05, 4.69) is 157 Å². The van der Waals surface area contributed by atoms with Gasteiger partial charge in [0.05, 0.1) is 0 Å². The van der Waals surface area contributed by atoms with Crippen molar-refractivity contribution < 1.29 is 4.42 Å². The molecule has 0 unspecified atom stereocenters. The minimum Gasteiger partial charge on any atom is -0.455 e. The molecule has 0 amide bonds. The van der Waals surface area contributed by atoms with Crippen LogP contribution in [0.2, 0.25) is 0 Å². The van der Waals surface area contributed by atoms with Gasteiger partial charge in [-0.3, -0.25) is 0 Å². The smallest absolute Gasteiger partial charge is 0.143 e. The standard InChI is InChI=1S/C42H27NO/c1-3-12-29(13-4-1)43(30-14-5-2-6-15-30)31-23-25-36-35-24-22-28(26-39(35)33-16-7-8-17-34(33)40(36)27-31)32-19-11-20-38-37-18-9-10-21-41(37)44-42(32)38/h1-27H. The molecule has 0 spiro atoms. The summed E-state index contributed by atoms with van der Waals surface area (Å²) in [5.41, 5.74) is 7.52. The third-order valence-corrected chi connectivity index (χ3v) is 8.82. The van der Waals surface area contributed by atoms with Crippen LogP contribution in [0.5, 0.6) is 0 Å². The fourth-order valence-corrected chi connectivity index (χ4v) is 6.83. The van der Waals surface area contributed by atoms with Crippen LogP contribution < -0.4 is 4.90 Å². The van der Waals surface area contributed by atoms with Gasteiger partial charge in [0.1, 0.15) is 11.2 Å². The molecule has 0 atom stereocenters. The van der Waals surface area contributed by atoms with Crippen LogP contribution in [0.1, 0.15) is 0 Å². The maximum absolute atomic E-state index is 6.41. The summed E-state index contributed by atoms with van der Waals surface area (Å²) in [6.07, 6.45) is 0. The SMILES string of the molecule is c1ccc(N(c2ccccc2)c2ccc3c4ccc(-c5cccc6c5oc5ccccc56)cc4c4ccccc4c3c2)cc1. The van der Waals surface area contributed by atoms with E-state index in [0.717, 1.165) is 50.1 Å². The molecule has 8 aromatic carbocycles. The first-order valence-corrected chi connectivity index (χ1v) is 15.0. The normalized spacial score (nSPS) is 11.6. The van der Waals surface area contributed by atoms with Crippen molar-refractivity contribution in [3.63, 3.8) is 0 Å². The van der Waals surface area contributed by atoms with Gasteiger partial charge in [-0.1, -0.05) is 115 Å². The quantitative estimate of drug-likeness (QED) is 0.199. The largest absolute Gasteiger partial charge is 0.455 e. The summed E-state index contributed by atoms with van der Waals surface area (Å²) in [6.45, 7) is 0. The zero-order valence-electron chi connectivity index (χ0n) is 23.9. The van der Waals surface area contributed by atoms with Crippen LogP contribution in [0, 0.1) is 0 Å². The van der Waals surface area contributed by atoms with E-state index < -0.39 is 0 Å². The average molecular weight is 562 g/mol. The molecule has 0 aliphatic heterocycles. The van der Waals surface area contributed by atoms with Gasteiger partial charge < -0.3 is 9.32 Å². The molecular weight excluding hydrogens is 534 g/mol. The fourth-order valence-electron chi connectivity index (χ4n) is 6.83. The van der Waals surface area contributed by atoms with Gasteiger partial charge in [-0.2, -0.15) is 0 Å². The van der Waals surface area contributed by atoms with Crippen molar-refractivity contribution in [2.45, 2.75) is 0 Å². The predicted octanol–water partition coefficient (Wildman–Crippen LogP) is 12.2. The van der Waals surface area contributed by atoms with Gasteiger partial charge in [-0.05, 0) is 86.4 Å². The summed E-state index contributed by atoms with van der Waals surface area (Å²) in [7, 11) is 0. The number of fused-ring (bicyclic) bond motifs is 9. The number of hydrogen-bond acceptors (Lipinski definition) is 2. The number of benzene rings is 8. The highest BCUT2D eigenvalue weighted by molar-refractivity contribution is 6.26. The number of nitrogens with zero attached hydrogens (tertiary/aromatic N) is 1. The molecule has 2 heteroatoms. The number of furan rings is 1. The molecule has 0 aliphatic carbocycles. The van der Waals surface area contributed by atoms with Gasteiger partial charge in [0.25, 0.3) is 0 Å². The molecule has 0 saturated carbocycles. The van der Waals surface area contributed by atoms with E-state index in [1.54, 1.807) is 0 Å². The summed E-state index contributed by atoms with van der Waals surface area (Å²) in [6, 6.07) is 58.5. The van der Waals surface area contributed by atoms with Crippen molar-refractivity contribution in [1.82, 2.24) is 0 Å². The molecular formula is C42H27NO. The molecule has 0 bridgehead atoms. The molecule has 0 aliphatic rings. The first-order chi connectivity index (χ1) is 21.8. The van der Waals surface area contributed by atoms with Crippen LogP contribution in [-0.2, 0) is 0 Å². The highest BCUT2D eigenvalue weighted by atomic mass is 16.3. The first-order valence-electron chi connectivity index (χ1n) is 15.0. The number of hydrogen-bond donors (Lipinski definition) is 0. The minimum absolute atomic E-state index is 0.919. The van der Waals surface area contributed by atoms with Crippen molar-refractivity contribution in [3.05, 3.63) is 164 Å². The summed E-state index contributed by atoms with van der Waals surface area (Å²) in [4.78, 5) is 2.33. The zero-order chi connectivity index (χ0) is 29.0. The Morgan fingerprint density at radius 1 is 0.341 bits per heavy atom. The number of anilines is 3. The number of rotatable bonds is 4. The minimum atomic E-state index is 0.919. The molecule has 0 saturated heterocycles. The predicted molar refractivity (Wildman–Crippen MR) is 186 cm³/mol. The molecule has 206 valence electrons. The molecule has 9 aromatic rings. The van der Waals surface area contributed by atoms with Crippen molar-refractivity contribution in [2.75, 3.05) is 4.90 Å². The molecule has 9 rings (SSSR count). The lowest BCUT2D eigenvalue weighted by atomic mass is 9.91. The lowest BCUT2D eigenvalue weighted by Gasteiger charge is -2.26. The molecule has 0 N–H and O–H groups in total. The topological polar surface area (TPSA) is 16.4 Å². The van der Waals surface area contributed by atoms with Gasteiger partial charge in [0.15, 0.2) is 0 Å². The molecule has 1 heterocycles. The maximum Gasteiger partial charge on any atom is 0.143 e. The van der Waals surface area contributed by atoms with Gasteiger partial charge >= 0.3 is 0 Å². The average Bonchev–Trinajstić information content (AvgIpc) is 3.48. The van der Waals surface area contributed by atoms with Gasteiger partial charge in [0.2, 0.25) is 0 Å². The second-order valence-corrected chi connectivity index (χ2v) is 11.3. The summed E-state index contributed by atoms with van der Waals surface area (Å²) < 4.78 is 6.41. The molecule has 2 nitrogen and oxygen atoms in total. The summed E-state index contributed by atoms with van der Waals surface area (Å²) in [5.74, 6) is 0. The van der Waals surface area contributed by atoms with Crippen LogP contribution in [0.3, 0.4) is 0 Å². The van der Waals surface area contributed by atoms with Crippen LogP contribution in [0.4, 0.5) is 17.1 Å². The highest BCUT2D eigenvalue weighted by Crippen LogP contribution is 2.43. The molecule has 44 heavy (non-hydrogen) atoms. The zero-order valence-corrected chi connectivity index (χ0v) is 23.9. The Kier molecular flexibility index (Phi) is 5.54. The second-order valence-electron chi connectivity index (χ2n) is 11.3. The van der Waals surface area contributed by atoms with E-state index in [0.29, 0.717) is 0 Å². The van der Waals surface area contributed by atoms with Crippen LogP contribution >= 0.6 is 0 Å². The van der Waals surface area contributed by atoms with Crippen LogP contribution in [0.25, 0.3) is 65.4 Å². The van der Waals surface area contributed by atoms with Gasteiger partial charge in [0, 0.05) is 33.4 Å². The van der Waals surface area contributed by atoms with E-state index in [1.807, 2.05) is 12.1 Å². The van der Waals surface area contributed by atoms with Crippen LogP contribution in [-0.4, -0.2) is 0 Å². The monoisotopic (exact) mass is 561 g/mol. The maximum atomic E-state index is 6.41. The van der Waals surface area contributed by atoms with E-state index in [9.17, 15) is 0 Å². The van der Waals surface area contributed by atoms with Crippen molar-refractivity contribution in [3.8, 4) is 11.1 Å². The summed E-state index contributed by atoms with van der Waals surface area (Å²) in [5, 5.41) is 9.78. The number of para-hydroxylation sites is 4. The van der Waals surface area contributed by atoms with E-state index in [-0.39, 0.29) is 0 Å². The summed E-state index contributed by atoms with van der Waals surface area (Å²) >= 11 is 0. The van der Waals surface area contributed by atoms with Crippen molar-refractivity contribution in [2.24, 2.45) is 0 Å². The van der Waals surface area contributed by atoms with Gasteiger partial charge in [-0.25, -0.2) is 0 Å². The third kappa shape index (κ3) is 3.82. The molecule has 0 fully saturated rings. The van der Waals surface area contributed by atoms with E-state index in [1.165, 1.54) is 32.3 Å². The van der Waals surface area contributed by atoms with Gasteiger partial charge in [-0.15, -0.1) is 0 Å². The second kappa shape index (κ2) is 9.86. The van der Waals surface area contributed by atoms with Crippen LogP contribution in [0.15, 0.2) is 168 Å². The Balaban J connectivity index is 1.28. The van der Waals surface area contributed by atoms with Crippen molar-refractivity contribution >= 4 is 71.3 Å². The van der Waals surface area contributed by atoms with E-state index >= 15 is 0 Å². The highest BCUT2D eigenvalue weighted by Gasteiger charge is 2.17. The molecule has 0 radical (unpaired) electrons. The third-order valence-electron chi connectivity index (χ3n) is 8.82. The lowest BCUT2D eigenvalue weighted by molar-refractivity contribution is 0.670. The molecule has 1 aromatic heterocycles.